The van der Waals surface area contributed by atoms with Crippen molar-refractivity contribution >= 4 is 5.91 Å². The molecule has 0 aliphatic heterocycles. The maximum absolute atomic E-state index is 13.1. The summed E-state index contributed by atoms with van der Waals surface area (Å²) in [5.41, 5.74) is 5.81. The maximum Gasteiger partial charge on any atom is 0.274 e. The van der Waals surface area contributed by atoms with Crippen molar-refractivity contribution in [2.75, 3.05) is 7.05 Å². The number of carbonyl (C=O) groups excluding carboxylic acids is 1. The van der Waals surface area contributed by atoms with E-state index in [1.165, 1.54) is 16.8 Å². The highest BCUT2D eigenvalue weighted by Crippen LogP contribution is 2.28. The van der Waals surface area contributed by atoms with Crippen LogP contribution in [0.4, 0.5) is 0 Å². The van der Waals surface area contributed by atoms with E-state index < -0.39 is 0 Å². The minimum atomic E-state index is -0.0443. The van der Waals surface area contributed by atoms with Gasteiger partial charge in [0.25, 0.3) is 5.91 Å². The fourth-order valence-electron chi connectivity index (χ4n) is 5.00. The van der Waals surface area contributed by atoms with Gasteiger partial charge in [-0.1, -0.05) is 24.3 Å². The van der Waals surface area contributed by atoms with E-state index >= 15 is 0 Å². The number of aryl methyl sites for hydroxylation is 1. The average molecular weight is 405 g/mol. The molecule has 1 N–H and O–H groups in total. The largest absolute Gasteiger partial charge is 0.467 e. The molecule has 1 aromatic carbocycles. The summed E-state index contributed by atoms with van der Waals surface area (Å²) >= 11 is 0. The Balaban J connectivity index is 1.29. The normalized spacial score (nSPS) is 18.3. The predicted molar refractivity (Wildman–Crippen MR) is 114 cm³/mol. The SMILES string of the molecule is CN(Cc1ccco1)C(=O)c1nn(C)c2c1C[C@@H](NC1Cc3ccccc3C1)CC2. The molecule has 0 fully saturated rings. The van der Waals surface area contributed by atoms with Gasteiger partial charge in [0, 0.05) is 37.4 Å². The van der Waals surface area contributed by atoms with Crippen LogP contribution in [-0.2, 0) is 39.3 Å². The first kappa shape index (κ1) is 19.1. The van der Waals surface area contributed by atoms with Gasteiger partial charge in [-0.2, -0.15) is 5.10 Å². The van der Waals surface area contributed by atoms with E-state index in [9.17, 15) is 4.79 Å². The fraction of sp³-hybridized carbons (Fsp3) is 0.417. The zero-order valence-electron chi connectivity index (χ0n) is 17.6. The maximum atomic E-state index is 13.1. The highest BCUT2D eigenvalue weighted by Gasteiger charge is 2.31. The number of fused-ring (bicyclic) bond motifs is 2. The number of hydrogen-bond acceptors (Lipinski definition) is 4. The minimum absolute atomic E-state index is 0.0443. The summed E-state index contributed by atoms with van der Waals surface area (Å²) in [6, 6.07) is 13.3. The smallest absolute Gasteiger partial charge is 0.274 e. The second-order valence-electron chi connectivity index (χ2n) is 8.62. The van der Waals surface area contributed by atoms with Gasteiger partial charge in [0.1, 0.15) is 5.76 Å². The van der Waals surface area contributed by atoms with Crippen LogP contribution in [0.25, 0.3) is 0 Å². The molecule has 0 radical (unpaired) electrons. The summed E-state index contributed by atoms with van der Waals surface area (Å²) in [4.78, 5) is 14.8. The molecule has 2 aliphatic carbocycles. The Morgan fingerprint density at radius 2 is 1.93 bits per heavy atom. The van der Waals surface area contributed by atoms with Crippen LogP contribution in [0.3, 0.4) is 0 Å². The molecule has 6 nitrogen and oxygen atoms in total. The molecule has 0 bridgehead atoms. The number of rotatable bonds is 5. The van der Waals surface area contributed by atoms with E-state index in [-0.39, 0.29) is 5.91 Å². The van der Waals surface area contributed by atoms with Gasteiger partial charge in [-0.05, 0) is 55.4 Å². The van der Waals surface area contributed by atoms with Crippen molar-refractivity contribution in [2.24, 2.45) is 7.05 Å². The topological polar surface area (TPSA) is 63.3 Å². The van der Waals surface area contributed by atoms with Gasteiger partial charge >= 0.3 is 0 Å². The molecule has 3 aromatic rings. The van der Waals surface area contributed by atoms with Crippen molar-refractivity contribution in [3.63, 3.8) is 0 Å². The predicted octanol–water partition coefficient (Wildman–Crippen LogP) is 2.90. The second kappa shape index (κ2) is 7.76. The number of aromatic nitrogens is 2. The van der Waals surface area contributed by atoms with E-state index in [1.54, 1.807) is 18.2 Å². The lowest BCUT2D eigenvalue weighted by Crippen LogP contribution is -2.42. The van der Waals surface area contributed by atoms with Gasteiger partial charge in [0.05, 0.1) is 12.8 Å². The number of furan rings is 1. The molecule has 1 atom stereocenters. The van der Waals surface area contributed by atoms with Crippen molar-refractivity contribution in [1.82, 2.24) is 20.0 Å². The second-order valence-corrected chi connectivity index (χ2v) is 8.62. The lowest BCUT2D eigenvalue weighted by molar-refractivity contribution is 0.0767. The Morgan fingerprint density at radius 3 is 2.63 bits per heavy atom. The summed E-state index contributed by atoms with van der Waals surface area (Å²) < 4.78 is 7.29. The molecule has 0 unspecified atom stereocenters. The highest BCUT2D eigenvalue weighted by atomic mass is 16.3. The number of benzene rings is 1. The van der Waals surface area contributed by atoms with Crippen molar-refractivity contribution in [3.8, 4) is 0 Å². The molecule has 2 heterocycles. The molecule has 6 heteroatoms. The van der Waals surface area contributed by atoms with Crippen LogP contribution >= 0.6 is 0 Å². The number of hydrogen-bond donors (Lipinski definition) is 1. The molecule has 1 amide bonds. The first-order valence-electron chi connectivity index (χ1n) is 10.7. The van der Waals surface area contributed by atoms with E-state index in [4.69, 9.17) is 4.42 Å². The number of amides is 1. The summed E-state index contributed by atoms with van der Waals surface area (Å²) in [5, 5.41) is 8.48. The summed E-state index contributed by atoms with van der Waals surface area (Å²) in [7, 11) is 3.75. The molecule has 30 heavy (non-hydrogen) atoms. The van der Waals surface area contributed by atoms with E-state index in [2.05, 4.69) is 34.7 Å². The molecule has 0 saturated carbocycles. The minimum Gasteiger partial charge on any atom is -0.467 e. The van der Waals surface area contributed by atoms with Crippen molar-refractivity contribution in [3.05, 3.63) is 76.5 Å². The van der Waals surface area contributed by atoms with Crippen LogP contribution < -0.4 is 5.32 Å². The van der Waals surface area contributed by atoms with E-state index in [1.807, 2.05) is 23.9 Å². The molecule has 0 spiro atoms. The van der Waals surface area contributed by atoms with Gasteiger partial charge in [-0.25, -0.2) is 0 Å². The Bertz CT molecular complexity index is 1030. The number of nitrogens with zero attached hydrogens (tertiary/aromatic N) is 3. The Morgan fingerprint density at radius 1 is 1.17 bits per heavy atom. The Kier molecular flexibility index (Phi) is 4.95. The molecule has 2 aliphatic rings. The lowest BCUT2D eigenvalue weighted by Gasteiger charge is -2.27. The third-order valence-electron chi connectivity index (χ3n) is 6.50. The van der Waals surface area contributed by atoms with Crippen LogP contribution in [0.1, 0.15) is 45.1 Å². The first-order chi connectivity index (χ1) is 14.6. The third-order valence-corrected chi connectivity index (χ3v) is 6.50. The first-order valence-corrected chi connectivity index (χ1v) is 10.7. The van der Waals surface area contributed by atoms with Crippen molar-refractivity contribution in [2.45, 2.75) is 50.7 Å². The van der Waals surface area contributed by atoms with E-state index in [0.29, 0.717) is 24.3 Å². The van der Waals surface area contributed by atoms with Gasteiger partial charge < -0.3 is 14.6 Å². The standard InChI is InChI=1S/C24H28N4O2/c1-27(15-20-8-5-11-30-20)24(29)23-21-14-18(9-10-22(21)28(2)26-23)25-19-12-16-6-3-4-7-17(16)13-19/h3-8,11,18-19,25H,9-10,12-15H2,1-2H3/t18-/m0/s1. The van der Waals surface area contributed by atoms with Crippen LogP contribution in [-0.4, -0.2) is 39.7 Å². The summed E-state index contributed by atoms with van der Waals surface area (Å²) in [5.74, 6) is 0.730. The molecular weight excluding hydrogens is 376 g/mol. The van der Waals surface area contributed by atoms with E-state index in [0.717, 1.165) is 43.4 Å². The molecule has 0 saturated heterocycles. The van der Waals surface area contributed by atoms with Gasteiger partial charge in [0.2, 0.25) is 0 Å². The van der Waals surface area contributed by atoms with Crippen LogP contribution in [0, 0.1) is 0 Å². The zero-order chi connectivity index (χ0) is 20.7. The number of carbonyl (C=O) groups is 1. The highest BCUT2D eigenvalue weighted by molar-refractivity contribution is 5.94. The quantitative estimate of drug-likeness (QED) is 0.710. The van der Waals surface area contributed by atoms with Crippen LogP contribution in [0.2, 0.25) is 0 Å². The van der Waals surface area contributed by atoms with Gasteiger partial charge in [0.15, 0.2) is 5.69 Å². The zero-order valence-corrected chi connectivity index (χ0v) is 17.6. The summed E-state index contributed by atoms with van der Waals surface area (Å²) in [6.45, 7) is 0.444. The monoisotopic (exact) mass is 404 g/mol. The van der Waals surface area contributed by atoms with Gasteiger partial charge in [-0.3, -0.25) is 9.48 Å². The third kappa shape index (κ3) is 3.56. The van der Waals surface area contributed by atoms with Crippen molar-refractivity contribution < 1.29 is 9.21 Å². The fourth-order valence-corrected chi connectivity index (χ4v) is 5.00. The van der Waals surface area contributed by atoms with Crippen molar-refractivity contribution in [1.29, 1.82) is 0 Å². The Labute approximate surface area is 176 Å². The molecule has 156 valence electrons. The summed E-state index contributed by atoms with van der Waals surface area (Å²) in [6.07, 6.45) is 6.69. The van der Waals surface area contributed by atoms with Crippen LogP contribution in [0.5, 0.6) is 0 Å². The Hall–Kier alpha value is -2.86. The average Bonchev–Trinajstić information content (AvgIpc) is 3.46. The van der Waals surface area contributed by atoms with Crippen LogP contribution in [0.15, 0.2) is 47.1 Å². The van der Waals surface area contributed by atoms with Gasteiger partial charge in [-0.15, -0.1) is 0 Å². The molecular formula is C24H28N4O2. The molecule has 5 rings (SSSR count). The molecule has 2 aromatic heterocycles. The number of nitrogens with one attached hydrogen (secondary N) is 1. The lowest BCUT2D eigenvalue weighted by atomic mass is 9.90.